The van der Waals surface area contributed by atoms with Gasteiger partial charge in [-0.3, -0.25) is 10.2 Å². The van der Waals surface area contributed by atoms with E-state index in [2.05, 4.69) is 12.3 Å². The van der Waals surface area contributed by atoms with Crippen molar-refractivity contribution in [1.82, 2.24) is 5.43 Å². The number of nitrogen functional groups attached to an aromatic ring is 1. The number of hydrogen-bond donors (Lipinski definition) is 2. The van der Waals surface area contributed by atoms with Crippen molar-refractivity contribution in [3.05, 3.63) is 35.6 Å². The maximum Gasteiger partial charge on any atom is 0.269 e. The molecule has 3 N–H and O–H groups in total. The average molecular weight is 250 g/mol. The van der Waals surface area contributed by atoms with E-state index in [-0.39, 0.29) is 5.91 Å². The highest BCUT2D eigenvalue weighted by atomic mass is 32.2. The van der Waals surface area contributed by atoms with Crippen LogP contribution in [0.15, 0.2) is 28.7 Å². The van der Waals surface area contributed by atoms with E-state index in [0.717, 1.165) is 16.7 Å². The van der Waals surface area contributed by atoms with Crippen molar-refractivity contribution < 1.29 is 9.21 Å². The number of rotatable bonds is 4. The second kappa shape index (κ2) is 5.25. The smallest absolute Gasteiger partial charge is 0.269 e. The molecule has 0 atom stereocenters. The molecule has 0 fully saturated rings. The molecule has 2 aromatic rings. The molecule has 0 bridgehead atoms. The summed E-state index contributed by atoms with van der Waals surface area (Å²) in [6, 6.07) is 7.47. The molecule has 90 valence electrons. The lowest BCUT2D eigenvalue weighted by atomic mass is 10.1. The third-order valence-electron chi connectivity index (χ3n) is 2.46. The van der Waals surface area contributed by atoms with Gasteiger partial charge in [-0.1, -0.05) is 25.1 Å². The first-order valence-electron chi connectivity index (χ1n) is 5.37. The molecule has 0 aliphatic carbocycles. The van der Waals surface area contributed by atoms with Gasteiger partial charge in [0, 0.05) is 5.39 Å². The number of amides is 1. The zero-order chi connectivity index (χ0) is 12.3. The minimum absolute atomic E-state index is 0.304. The number of para-hydroxylation sites is 1. The summed E-state index contributed by atoms with van der Waals surface area (Å²) < 4.78 is 5.69. The van der Waals surface area contributed by atoms with E-state index >= 15 is 0 Å². The van der Waals surface area contributed by atoms with E-state index in [1.54, 1.807) is 11.8 Å². The monoisotopic (exact) mass is 250 g/mol. The Morgan fingerprint density at radius 1 is 1.47 bits per heavy atom. The first kappa shape index (κ1) is 12.0. The van der Waals surface area contributed by atoms with Crippen LogP contribution in [0.5, 0.6) is 0 Å². The van der Waals surface area contributed by atoms with E-state index < -0.39 is 0 Å². The van der Waals surface area contributed by atoms with Crippen molar-refractivity contribution in [3.63, 3.8) is 0 Å². The molecule has 4 nitrogen and oxygen atoms in total. The second-order valence-corrected chi connectivity index (χ2v) is 4.78. The van der Waals surface area contributed by atoms with Gasteiger partial charge in [0.1, 0.15) is 11.3 Å². The topological polar surface area (TPSA) is 68.3 Å². The predicted molar refractivity (Wildman–Crippen MR) is 69.7 cm³/mol. The summed E-state index contributed by atoms with van der Waals surface area (Å²) in [6.07, 6.45) is 0. The Morgan fingerprint density at radius 3 is 2.94 bits per heavy atom. The summed E-state index contributed by atoms with van der Waals surface area (Å²) in [5.41, 5.74) is 3.43. The highest BCUT2D eigenvalue weighted by Crippen LogP contribution is 2.28. The van der Waals surface area contributed by atoms with Gasteiger partial charge < -0.3 is 4.42 Å². The van der Waals surface area contributed by atoms with Gasteiger partial charge in [0.2, 0.25) is 0 Å². The fourth-order valence-corrected chi connectivity index (χ4v) is 2.31. The van der Waals surface area contributed by atoms with Crippen molar-refractivity contribution >= 4 is 28.6 Å². The van der Waals surface area contributed by atoms with Gasteiger partial charge in [0.15, 0.2) is 0 Å². The fourth-order valence-electron chi connectivity index (χ4n) is 1.71. The Hall–Kier alpha value is -1.46. The largest absolute Gasteiger partial charge is 0.459 e. The Kier molecular flexibility index (Phi) is 3.71. The normalized spacial score (nSPS) is 10.7. The number of carbonyl (C=O) groups excluding carboxylic acids is 1. The SMILES string of the molecule is CCSCc1oc2ccccc2c1C(=O)NN. The number of benzene rings is 1. The van der Waals surface area contributed by atoms with Gasteiger partial charge in [0.05, 0.1) is 11.3 Å². The number of thioether (sulfide) groups is 1. The number of furan rings is 1. The van der Waals surface area contributed by atoms with Gasteiger partial charge in [-0.05, 0) is 11.8 Å². The van der Waals surface area contributed by atoms with Gasteiger partial charge in [-0.15, -0.1) is 0 Å². The van der Waals surface area contributed by atoms with Crippen LogP contribution in [0.3, 0.4) is 0 Å². The van der Waals surface area contributed by atoms with E-state index in [1.807, 2.05) is 24.3 Å². The number of carbonyl (C=O) groups is 1. The highest BCUT2D eigenvalue weighted by molar-refractivity contribution is 7.98. The fraction of sp³-hybridized carbons (Fsp3) is 0.250. The van der Waals surface area contributed by atoms with E-state index in [9.17, 15) is 4.79 Å². The summed E-state index contributed by atoms with van der Waals surface area (Å²) >= 11 is 1.70. The van der Waals surface area contributed by atoms with Gasteiger partial charge in [-0.2, -0.15) is 11.8 Å². The molecular formula is C12H14N2O2S. The number of hydrogen-bond acceptors (Lipinski definition) is 4. The second-order valence-electron chi connectivity index (χ2n) is 3.51. The lowest BCUT2D eigenvalue weighted by molar-refractivity contribution is 0.0953. The van der Waals surface area contributed by atoms with Crippen LogP contribution < -0.4 is 11.3 Å². The zero-order valence-corrected chi connectivity index (χ0v) is 10.3. The van der Waals surface area contributed by atoms with Gasteiger partial charge in [-0.25, -0.2) is 5.84 Å². The third-order valence-corrected chi connectivity index (χ3v) is 3.34. The molecule has 17 heavy (non-hydrogen) atoms. The number of nitrogens with one attached hydrogen (secondary N) is 1. The molecule has 0 saturated heterocycles. The maximum absolute atomic E-state index is 11.8. The number of fused-ring (bicyclic) bond motifs is 1. The number of hydrazine groups is 1. The molecule has 0 spiro atoms. The van der Waals surface area contributed by atoms with E-state index in [1.165, 1.54) is 0 Å². The molecule has 0 aliphatic rings. The van der Waals surface area contributed by atoms with Crippen LogP contribution >= 0.6 is 11.8 Å². The standard InChI is InChI=1S/C12H14N2O2S/c1-2-17-7-10-11(12(15)14-13)8-5-3-4-6-9(8)16-10/h3-6H,2,7,13H2,1H3,(H,14,15). The summed E-state index contributed by atoms with van der Waals surface area (Å²) in [6.45, 7) is 2.07. The first-order chi connectivity index (χ1) is 8.27. The Labute approximate surface area is 104 Å². The van der Waals surface area contributed by atoms with Gasteiger partial charge in [0.25, 0.3) is 5.91 Å². The Morgan fingerprint density at radius 2 is 2.24 bits per heavy atom. The molecular weight excluding hydrogens is 236 g/mol. The van der Waals surface area contributed by atoms with Crippen molar-refractivity contribution in [2.24, 2.45) is 5.84 Å². The quantitative estimate of drug-likeness (QED) is 0.496. The summed E-state index contributed by atoms with van der Waals surface area (Å²) in [4.78, 5) is 11.8. The lowest BCUT2D eigenvalue weighted by Gasteiger charge is -2.00. The molecule has 0 radical (unpaired) electrons. The summed E-state index contributed by atoms with van der Waals surface area (Å²) in [7, 11) is 0. The molecule has 2 rings (SSSR count). The maximum atomic E-state index is 11.8. The summed E-state index contributed by atoms with van der Waals surface area (Å²) in [5.74, 6) is 7.23. The molecule has 1 aromatic heterocycles. The van der Waals surface area contributed by atoms with Crippen molar-refractivity contribution in [1.29, 1.82) is 0 Å². The Bertz CT molecular complexity index is 536. The van der Waals surface area contributed by atoms with Crippen LogP contribution in [0.25, 0.3) is 11.0 Å². The van der Waals surface area contributed by atoms with Crippen LogP contribution in [0.4, 0.5) is 0 Å². The zero-order valence-electron chi connectivity index (χ0n) is 9.53. The molecule has 1 aromatic carbocycles. The number of nitrogens with two attached hydrogens (primary N) is 1. The summed E-state index contributed by atoms with van der Waals surface area (Å²) in [5, 5.41) is 0.808. The molecule has 0 saturated carbocycles. The van der Waals surface area contributed by atoms with Crippen LogP contribution in [0.1, 0.15) is 23.0 Å². The van der Waals surface area contributed by atoms with Crippen LogP contribution in [-0.4, -0.2) is 11.7 Å². The highest BCUT2D eigenvalue weighted by Gasteiger charge is 2.19. The van der Waals surface area contributed by atoms with Crippen molar-refractivity contribution in [3.8, 4) is 0 Å². The van der Waals surface area contributed by atoms with Crippen molar-refractivity contribution in [2.75, 3.05) is 5.75 Å². The van der Waals surface area contributed by atoms with Gasteiger partial charge >= 0.3 is 0 Å². The molecule has 1 amide bonds. The minimum Gasteiger partial charge on any atom is -0.459 e. The predicted octanol–water partition coefficient (Wildman–Crippen LogP) is 2.29. The molecule has 5 heteroatoms. The van der Waals surface area contributed by atoms with E-state index in [4.69, 9.17) is 10.3 Å². The van der Waals surface area contributed by atoms with E-state index in [0.29, 0.717) is 17.1 Å². The van der Waals surface area contributed by atoms with Crippen LogP contribution in [-0.2, 0) is 5.75 Å². The van der Waals surface area contributed by atoms with Crippen molar-refractivity contribution in [2.45, 2.75) is 12.7 Å². The van der Waals surface area contributed by atoms with Crippen LogP contribution in [0, 0.1) is 0 Å². The average Bonchev–Trinajstić information content (AvgIpc) is 2.73. The molecule has 1 heterocycles. The molecule has 0 unspecified atom stereocenters. The molecule has 0 aliphatic heterocycles. The third kappa shape index (κ3) is 2.30. The Balaban J connectivity index is 2.52. The minimum atomic E-state index is -0.304. The first-order valence-corrected chi connectivity index (χ1v) is 6.52. The van der Waals surface area contributed by atoms with Crippen LogP contribution in [0.2, 0.25) is 0 Å². The lowest BCUT2D eigenvalue weighted by Crippen LogP contribution is -2.30.